The molecule has 7 N–H and O–H groups in total. The van der Waals surface area contributed by atoms with Crippen LogP contribution in [0.25, 0.3) is 10.8 Å². The Bertz CT molecular complexity index is 3190. The number of ether oxygens (including phenoxy) is 1. The van der Waals surface area contributed by atoms with Crippen LogP contribution in [-0.4, -0.2) is 70.8 Å². The van der Waals surface area contributed by atoms with Crippen molar-refractivity contribution >= 4 is 28.0 Å². The third kappa shape index (κ3) is 11.6. The lowest BCUT2D eigenvalue weighted by molar-refractivity contribution is -0.130. The summed E-state index contributed by atoms with van der Waals surface area (Å²) in [5.74, 6) is 14.8. The molecule has 0 unspecified atom stereocenters. The summed E-state index contributed by atoms with van der Waals surface area (Å²) in [5, 5.41) is 49.6. The van der Waals surface area contributed by atoms with Gasteiger partial charge in [0, 0.05) is 67.8 Å². The zero-order chi connectivity index (χ0) is 53.8. The van der Waals surface area contributed by atoms with E-state index in [1.165, 1.54) is 12.7 Å². The fourth-order valence-electron chi connectivity index (χ4n) is 14.6. The normalized spacial score (nSPS) is 30.1. The first kappa shape index (κ1) is 53.4. The maximum Gasteiger partial charge on any atom is 0.160 e. The van der Waals surface area contributed by atoms with Gasteiger partial charge in [0.05, 0.1) is 37.1 Å². The van der Waals surface area contributed by atoms with E-state index in [9.17, 15) is 20.1 Å². The second-order valence-electron chi connectivity index (χ2n) is 23.8. The molecule has 2 aliphatic heterocycles. The third-order valence-corrected chi connectivity index (χ3v) is 18.7. The van der Waals surface area contributed by atoms with Crippen LogP contribution in [0.5, 0.6) is 11.5 Å². The SMILES string of the molecule is COc1cc2c(cc1O)[C@H](c1ccccc1)C#C[C@@H]1C[C@@H]3CC4=CCNC(=C4)Nc4ccc5ccc(cc5c4)C[C@@H](O)CNC[C@@H](C)c4c[nH]c(c4)[C@@]45CCCC[C@@H]4C#CCCCC[C@@H]([C@@H](C3)C[C@@H]1C(=O)CC(=O)CC2)[C@H]5O. The molecule has 0 amide bonds. The second-order valence-corrected chi connectivity index (χ2v) is 23.8. The number of aromatic nitrogens is 1. The number of phenols is 1. The predicted octanol–water partition coefficient (Wildman–Crippen LogP) is 11.3. The number of carbonyl (C=O) groups excluding carboxylic acids is 2. The number of methoxy groups -OCH3 is 1. The van der Waals surface area contributed by atoms with Gasteiger partial charge in [-0.15, -0.1) is 5.92 Å². The number of β-amino-alcohol motifs (C(OH)–C–C–N with tert-alkyl or cyclic N) is 1. The van der Waals surface area contributed by atoms with Gasteiger partial charge in [-0.3, -0.25) is 9.59 Å². The molecule has 4 aromatic carbocycles. The molecule has 3 heterocycles. The van der Waals surface area contributed by atoms with Gasteiger partial charge in [-0.25, -0.2) is 0 Å². The van der Waals surface area contributed by atoms with E-state index in [1.54, 1.807) is 6.07 Å². The Morgan fingerprint density at radius 3 is 2.54 bits per heavy atom. The number of aromatic hydroxyl groups is 1. The minimum absolute atomic E-state index is 0.0193. The van der Waals surface area contributed by atoms with E-state index in [4.69, 9.17) is 4.74 Å². The van der Waals surface area contributed by atoms with Crippen LogP contribution in [0.3, 0.4) is 0 Å². The highest BCUT2D eigenvalue weighted by molar-refractivity contribution is 6.00. The van der Waals surface area contributed by atoms with Crippen molar-refractivity contribution in [1.29, 1.82) is 0 Å². The third-order valence-electron chi connectivity index (χ3n) is 18.7. The number of ketones is 2. The van der Waals surface area contributed by atoms with Gasteiger partial charge in [0.1, 0.15) is 17.4 Å². The maximum atomic E-state index is 15.3. The molecule has 1 spiro atoms. The van der Waals surface area contributed by atoms with Crippen molar-refractivity contribution in [2.24, 2.45) is 35.5 Å². The van der Waals surface area contributed by atoms with Gasteiger partial charge in [0.2, 0.25) is 0 Å². The Kier molecular flexibility index (Phi) is 16.3. The van der Waals surface area contributed by atoms with E-state index in [-0.39, 0.29) is 65.7 Å². The summed E-state index contributed by atoms with van der Waals surface area (Å²) < 4.78 is 5.59. The van der Waals surface area contributed by atoms with Gasteiger partial charge < -0.3 is 41.0 Å². The number of nitrogens with one attached hydrogen (secondary N) is 4. The number of carbonyl (C=O) groups is 2. The quantitative estimate of drug-likeness (QED) is 0.0676. The van der Waals surface area contributed by atoms with E-state index in [0.717, 1.165) is 120 Å². The highest BCUT2D eigenvalue weighted by Gasteiger charge is 2.53. The first-order valence-corrected chi connectivity index (χ1v) is 29.2. The number of allylic oxidation sites excluding steroid dienone is 2. The largest absolute Gasteiger partial charge is 0.504 e. The highest BCUT2D eigenvalue weighted by atomic mass is 16.5. The first-order chi connectivity index (χ1) is 38.0. The number of fused-ring (bicyclic) bond motifs is 11. The van der Waals surface area contributed by atoms with Crippen molar-refractivity contribution < 1.29 is 29.6 Å². The van der Waals surface area contributed by atoms with Crippen molar-refractivity contribution in [1.82, 2.24) is 15.6 Å². The number of rotatable bonds is 2. The van der Waals surface area contributed by atoms with Crippen LogP contribution < -0.4 is 20.7 Å². The molecular weight excluding hydrogens is 969 g/mol. The summed E-state index contributed by atoms with van der Waals surface area (Å²) in [6.07, 6.45) is 16.3. The van der Waals surface area contributed by atoms with Crippen molar-refractivity contribution in [3.8, 4) is 35.2 Å². The molecule has 1 aromatic heterocycles. The lowest BCUT2D eigenvalue weighted by Crippen LogP contribution is -2.53. The number of dihydropyridines is 1. The molecule has 6 aliphatic rings. The smallest absolute Gasteiger partial charge is 0.160 e. The molecular formula is C68H78N4O6. The summed E-state index contributed by atoms with van der Waals surface area (Å²) in [5.41, 5.74) is 7.49. The topological polar surface area (TPSA) is 156 Å². The standard InChI is InChI=1S/C68H78N4O6/c1-43-40-69-42-57(74)32-44-17-18-47-19-22-55(34-51(47)29-44)72-66-33-45(25-27-70-66)28-46-30-49-21-24-58(48-12-6-5-7-13-48)60-39-63(76)64(78-2)36-50(60)20-23-56(73)38-62(75)61(49)35-52(31-46)59-16-9-4-3-8-14-54-15-10-11-26-68(54,67(59)77)65-37-53(43)41-71-65/h5-7,12-13,17-19,22,25,29,33-34,36-37,39,41,43,46,49,52,54,57-59,61,67,69-72,74,76-77H,3-4,9-11,15-16,20,23,26-28,30-32,35,38,40,42H2,1-2H3/t43-,46+,49-,52+,54+,57-,58+,59+,61+,67-,68-/m1/s1. The lowest BCUT2D eigenvalue weighted by atomic mass is 9.56. The number of hydrogen-bond donors (Lipinski definition) is 7. The number of aliphatic hydroxyl groups excluding tert-OH is 2. The number of H-pyrrole nitrogens is 1. The van der Waals surface area contributed by atoms with Gasteiger partial charge in [-0.1, -0.05) is 105 Å². The van der Waals surface area contributed by atoms with Gasteiger partial charge in [-0.2, -0.15) is 0 Å². The average molecular weight is 1050 g/mol. The number of aryl methyl sites for hydroxylation is 1. The summed E-state index contributed by atoms with van der Waals surface area (Å²) >= 11 is 0. The molecule has 4 aliphatic carbocycles. The number of anilines is 1. The maximum absolute atomic E-state index is 15.3. The van der Waals surface area contributed by atoms with E-state index in [1.807, 2.05) is 24.3 Å². The molecule has 406 valence electrons. The second kappa shape index (κ2) is 23.8. The molecule has 11 atom stereocenters. The molecule has 2 fully saturated rings. The van der Waals surface area contributed by atoms with E-state index >= 15 is 4.79 Å². The van der Waals surface area contributed by atoms with Gasteiger partial charge in [0.25, 0.3) is 0 Å². The Morgan fingerprint density at radius 1 is 0.808 bits per heavy atom. The zero-order valence-corrected chi connectivity index (χ0v) is 45.6. The fraction of sp³-hybridized carbons (Fsp3) is 0.471. The Labute approximate surface area is 461 Å². The number of hydrogen-bond acceptors (Lipinski definition) is 9. The molecule has 5 aromatic rings. The Hall–Kier alpha value is -6.56. The molecule has 78 heavy (non-hydrogen) atoms. The van der Waals surface area contributed by atoms with Crippen LogP contribution in [0.4, 0.5) is 5.69 Å². The van der Waals surface area contributed by atoms with Gasteiger partial charge >= 0.3 is 0 Å². The van der Waals surface area contributed by atoms with Crippen LogP contribution in [0.1, 0.15) is 142 Å². The molecule has 10 heteroatoms. The fourth-order valence-corrected chi connectivity index (χ4v) is 14.6. The van der Waals surface area contributed by atoms with Gasteiger partial charge in [-0.05, 0) is 168 Å². The van der Waals surface area contributed by atoms with E-state index < -0.39 is 29.5 Å². The Balaban J connectivity index is 1.04. The predicted molar refractivity (Wildman–Crippen MR) is 309 cm³/mol. The number of benzene rings is 4. The minimum atomic E-state index is -0.747. The first-order valence-electron chi connectivity index (χ1n) is 29.2. The highest BCUT2D eigenvalue weighted by Crippen LogP contribution is 2.53. The minimum Gasteiger partial charge on any atom is -0.504 e. The molecule has 0 saturated heterocycles. The molecule has 10 nitrogen and oxygen atoms in total. The van der Waals surface area contributed by atoms with Crippen molar-refractivity contribution in [2.45, 2.75) is 139 Å². The van der Waals surface area contributed by atoms with Crippen LogP contribution in [0.15, 0.2) is 115 Å². The van der Waals surface area contributed by atoms with Gasteiger partial charge in [0.15, 0.2) is 11.5 Å². The summed E-state index contributed by atoms with van der Waals surface area (Å²) in [4.78, 5) is 33.3. The van der Waals surface area contributed by atoms with Crippen molar-refractivity contribution in [3.05, 3.63) is 148 Å². The molecule has 2 saturated carbocycles. The van der Waals surface area contributed by atoms with Crippen LogP contribution in [0, 0.1) is 59.2 Å². The number of aliphatic hydroxyl groups is 2. The molecule has 11 rings (SSSR count). The number of aromatic amines is 1. The van der Waals surface area contributed by atoms with Crippen LogP contribution >= 0.6 is 0 Å². The summed E-state index contributed by atoms with van der Waals surface area (Å²) in [7, 11) is 1.53. The summed E-state index contributed by atoms with van der Waals surface area (Å²) in [6, 6.07) is 28.9. The number of phenolic OH excluding ortho intramolecular Hbond substituents is 1. The van der Waals surface area contributed by atoms with E-state index in [2.05, 4.69) is 124 Å². The zero-order valence-electron chi connectivity index (χ0n) is 45.6. The van der Waals surface area contributed by atoms with Crippen molar-refractivity contribution in [2.75, 3.05) is 32.1 Å². The van der Waals surface area contributed by atoms with E-state index in [0.29, 0.717) is 51.1 Å². The van der Waals surface area contributed by atoms with Crippen molar-refractivity contribution in [3.63, 3.8) is 0 Å². The lowest BCUT2D eigenvalue weighted by Gasteiger charge is -2.49. The molecule has 0 radical (unpaired) electrons. The summed E-state index contributed by atoms with van der Waals surface area (Å²) in [6.45, 7) is 4.03. The van der Waals surface area contributed by atoms with Crippen LogP contribution in [0.2, 0.25) is 0 Å². The average Bonchev–Trinajstić information content (AvgIpc) is 3.99. The molecule has 11 bridgehead atoms. The van der Waals surface area contributed by atoms with Crippen LogP contribution in [-0.2, 0) is 27.8 Å². The Morgan fingerprint density at radius 2 is 1.67 bits per heavy atom. The number of Topliss-reactive ketones (excluding diaryl/α,β-unsaturated/α-hetero) is 2. The monoisotopic (exact) mass is 1050 g/mol.